The van der Waals surface area contributed by atoms with E-state index in [1.165, 1.54) is 11.3 Å². The molecular weight excluding hydrogens is 398 g/mol. The van der Waals surface area contributed by atoms with Gasteiger partial charge in [-0.1, -0.05) is 38.5 Å². The van der Waals surface area contributed by atoms with Crippen molar-refractivity contribution in [2.75, 3.05) is 0 Å². The maximum Gasteiger partial charge on any atom is 0.310 e. The summed E-state index contributed by atoms with van der Waals surface area (Å²) in [5.41, 5.74) is 2.79. The number of aromatic nitrogens is 3. The molecule has 1 aromatic carbocycles. The lowest BCUT2D eigenvalue weighted by Crippen LogP contribution is -2.15. The van der Waals surface area contributed by atoms with Crippen molar-refractivity contribution in [1.82, 2.24) is 15.0 Å². The van der Waals surface area contributed by atoms with Crippen LogP contribution < -0.4 is 5.56 Å². The van der Waals surface area contributed by atoms with Crippen molar-refractivity contribution in [2.45, 2.75) is 46.6 Å². The summed E-state index contributed by atoms with van der Waals surface area (Å²) in [5.74, 6) is 0.518. The van der Waals surface area contributed by atoms with Gasteiger partial charge in [-0.2, -0.15) is 0 Å². The van der Waals surface area contributed by atoms with Crippen LogP contribution >= 0.6 is 11.3 Å². The number of rotatable bonds is 7. The van der Waals surface area contributed by atoms with Gasteiger partial charge in [0.1, 0.15) is 17.3 Å². The molecule has 6 nitrogen and oxygen atoms in total. The molecule has 1 atom stereocenters. The minimum absolute atomic E-state index is 0.0516. The number of benzene rings is 1. The number of carbonyl (C=O) groups is 1. The number of nitrogens with zero attached hydrogens (tertiary/aromatic N) is 1. The van der Waals surface area contributed by atoms with E-state index in [4.69, 9.17) is 4.74 Å². The number of ether oxygens (including phenoxy) is 1. The number of carbonyl (C=O) groups excluding carboxylic acids is 1. The summed E-state index contributed by atoms with van der Waals surface area (Å²) in [4.78, 5) is 37.4. The molecule has 0 amide bonds. The molecule has 0 saturated heterocycles. The lowest BCUT2D eigenvalue weighted by Gasteiger charge is -2.08. The van der Waals surface area contributed by atoms with Crippen molar-refractivity contribution < 1.29 is 9.53 Å². The van der Waals surface area contributed by atoms with Crippen LogP contribution in [0.3, 0.4) is 0 Å². The Morgan fingerprint density at radius 3 is 2.90 bits per heavy atom. The van der Waals surface area contributed by atoms with Gasteiger partial charge in [0.25, 0.3) is 5.56 Å². The molecule has 0 aliphatic heterocycles. The Bertz CT molecular complexity index is 1270. The van der Waals surface area contributed by atoms with Crippen molar-refractivity contribution in [3.63, 3.8) is 0 Å². The van der Waals surface area contributed by atoms with Gasteiger partial charge in [0.15, 0.2) is 0 Å². The van der Waals surface area contributed by atoms with Crippen molar-refractivity contribution in [3.05, 3.63) is 62.6 Å². The summed E-state index contributed by atoms with van der Waals surface area (Å²) in [6, 6.07) is 7.82. The monoisotopic (exact) mass is 423 g/mol. The maximum absolute atomic E-state index is 12.7. The molecule has 0 radical (unpaired) electrons. The lowest BCUT2D eigenvalue weighted by atomic mass is 9.98. The zero-order valence-electron chi connectivity index (χ0n) is 17.4. The summed E-state index contributed by atoms with van der Waals surface area (Å²) in [6.45, 7) is 6.32. The zero-order valence-corrected chi connectivity index (χ0v) is 18.2. The minimum atomic E-state index is -0.359. The molecule has 7 heteroatoms. The maximum atomic E-state index is 12.7. The average Bonchev–Trinajstić information content (AvgIpc) is 3.27. The second-order valence-electron chi connectivity index (χ2n) is 7.74. The molecule has 0 fully saturated rings. The number of aromatic amines is 2. The first kappa shape index (κ1) is 20.3. The van der Waals surface area contributed by atoms with E-state index in [0.29, 0.717) is 22.0 Å². The molecule has 3 heterocycles. The van der Waals surface area contributed by atoms with Crippen LogP contribution in [0.4, 0.5) is 0 Å². The highest BCUT2D eigenvalue weighted by Gasteiger charge is 2.17. The van der Waals surface area contributed by atoms with Gasteiger partial charge in [0, 0.05) is 22.0 Å². The topological polar surface area (TPSA) is 87.8 Å². The molecule has 0 spiro atoms. The van der Waals surface area contributed by atoms with Crippen LogP contribution in [0.15, 0.2) is 35.3 Å². The molecule has 0 aliphatic rings. The number of fused-ring (bicyclic) bond motifs is 2. The summed E-state index contributed by atoms with van der Waals surface area (Å²) >= 11 is 1.52. The van der Waals surface area contributed by atoms with E-state index >= 15 is 0 Å². The Kier molecular flexibility index (Phi) is 5.72. The number of aryl methyl sites for hydroxylation is 1. The standard InChI is InChI=1S/C23H25N3O3S/c1-4-13(2)9-17-14(3)30-23-21(17)22(28)25-19(26-23)12-29-20(27)10-15-11-24-18-8-6-5-7-16(15)18/h5-8,11,13,24H,4,9-10,12H2,1-3H3,(H,25,26,28)/t13-/m1/s1. The fourth-order valence-electron chi connectivity index (χ4n) is 3.66. The van der Waals surface area contributed by atoms with Gasteiger partial charge >= 0.3 is 5.97 Å². The normalized spacial score (nSPS) is 12.5. The molecule has 156 valence electrons. The number of para-hydroxylation sites is 1. The molecular formula is C23H25N3O3S. The highest BCUT2D eigenvalue weighted by molar-refractivity contribution is 7.18. The van der Waals surface area contributed by atoms with Crippen LogP contribution in [0.1, 0.15) is 42.1 Å². The second-order valence-corrected chi connectivity index (χ2v) is 8.95. The van der Waals surface area contributed by atoms with Crippen LogP contribution in [-0.4, -0.2) is 20.9 Å². The van der Waals surface area contributed by atoms with Crippen LogP contribution in [-0.2, 0) is 29.0 Å². The smallest absolute Gasteiger partial charge is 0.310 e. The Hall–Kier alpha value is -2.93. The van der Waals surface area contributed by atoms with Crippen LogP contribution in [0.2, 0.25) is 0 Å². The first-order chi connectivity index (χ1) is 14.5. The molecule has 2 N–H and O–H groups in total. The zero-order chi connectivity index (χ0) is 21.3. The largest absolute Gasteiger partial charge is 0.457 e. The van der Waals surface area contributed by atoms with Gasteiger partial charge in [-0.25, -0.2) is 4.98 Å². The van der Waals surface area contributed by atoms with Gasteiger partial charge < -0.3 is 14.7 Å². The molecule has 4 rings (SSSR count). The van der Waals surface area contributed by atoms with Gasteiger partial charge in [-0.3, -0.25) is 9.59 Å². The Balaban J connectivity index is 1.49. The highest BCUT2D eigenvalue weighted by atomic mass is 32.1. The Morgan fingerprint density at radius 2 is 2.10 bits per heavy atom. The quantitative estimate of drug-likeness (QED) is 0.424. The predicted octanol–water partition coefficient (Wildman–Crippen LogP) is 4.65. The van der Waals surface area contributed by atoms with Crippen LogP contribution in [0.5, 0.6) is 0 Å². The summed E-state index contributed by atoms with van der Waals surface area (Å²) in [6.07, 6.45) is 3.91. The van der Waals surface area contributed by atoms with E-state index < -0.39 is 0 Å². The predicted molar refractivity (Wildman–Crippen MR) is 120 cm³/mol. The summed E-state index contributed by atoms with van der Waals surface area (Å²) in [7, 11) is 0. The number of hydrogen-bond donors (Lipinski definition) is 2. The Morgan fingerprint density at radius 1 is 1.30 bits per heavy atom. The molecule has 4 aromatic rings. The summed E-state index contributed by atoms with van der Waals surface area (Å²) < 4.78 is 5.39. The highest BCUT2D eigenvalue weighted by Crippen LogP contribution is 2.29. The van der Waals surface area contributed by atoms with E-state index in [1.807, 2.05) is 37.4 Å². The fourth-order valence-corrected chi connectivity index (χ4v) is 4.73. The molecule has 0 bridgehead atoms. The molecule has 3 aromatic heterocycles. The van der Waals surface area contributed by atoms with E-state index in [9.17, 15) is 9.59 Å². The van der Waals surface area contributed by atoms with Crippen molar-refractivity contribution in [1.29, 1.82) is 0 Å². The van der Waals surface area contributed by atoms with Crippen molar-refractivity contribution in [2.24, 2.45) is 5.92 Å². The minimum Gasteiger partial charge on any atom is -0.457 e. The summed E-state index contributed by atoms with van der Waals surface area (Å²) in [5, 5.41) is 1.68. The van der Waals surface area contributed by atoms with Crippen LogP contribution in [0, 0.1) is 12.8 Å². The van der Waals surface area contributed by atoms with E-state index in [-0.39, 0.29) is 24.6 Å². The van der Waals surface area contributed by atoms with E-state index in [0.717, 1.165) is 39.7 Å². The third-order valence-electron chi connectivity index (χ3n) is 5.54. The average molecular weight is 424 g/mol. The van der Waals surface area contributed by atoms with E-state index in [2.05, 4.69) is 28.8 Å². The first-order valence-corrected chi connectivity index (χ1v) is 11.0. The number of thiophene rings is 1. The molecule has 0 saturated carbocycles. The number of nitrogens with one attached hydrogen (secondary N) is 2. The number of esters is 1. The SMILES string of the molecule is CC[C@@H](C)Cc1c(C)sc2nc(COC(=O)Cc3c[nH]c4ccccc34)[nH]c(=O)c12. The molecule has 30 heavy (non-hydrogen) atoms. The number of hydrogen-bond acceptors (Lipinski definition) is 5. The van der Waals surface area contributed by atoms with Gasteiger partial charge in [0.05, 0.1) is 11.8 Å². The van der Waals surface area contributed by atoms with Crippen LogP contribution in [0.25, 0.3) is 21.1 Å². The van der Waals surface area contributed by atoms with E-state index in [1.54, 1.807) is 0 Å². The number of H-pyrrole nitrogens is 2. The molecule has 0 unspecified atom stereocenters. The van der Waals surface area contributed by atoms with Gasteiger partial charge in [0.2, 0.25) is 0 Å². The van der Waals surface area contributed by atoms with Gasteiger partial charge in [-0.05, 0) is 36.5 Å². The van der Waals surface area contributed by atoms with Crippen molar-refractivity contribution in [3.8, 4) is 0 Å². The third kappa shape index (κ3) is 4.03. The van der Waals surface area contributed by atoms with Crippen molar-refractivity contribution >= 4 is 38.4 Å². The molecule has 0 aliphatic carbocycles. The van der Waals surface area contributed by atoms with Gasteiger partial charge in [-0.15, -0.1) is 11.3 Å². The first-order valence-electron chi connectivity index (χ1n) is 10.2. The Labute approximate surface area is 178 Å². The third-order valence-corrected chi connectivity index (χ3v) is 6.58. The lowest BCUT2D eigenvalue weighted by molar-refractivity contribution is -0.144. The second kappa shape index (κ2) is 8.44. The fraction of sp³-hybridized carbons (Fsp3) is 0.348.